The van der Waals surface area contributed by atoms with Gasteiger partial charge in [-0.3, -0.25) is 0 Å². The molecule has 86 valence electrons. The molecule has 0 heterocycles. The molecule has 1 aromatic rings. The molecule has 1 rings (SSSR count). The zero-order valence-electron chi connectivity index (χ0n) is 9.48. The molecule has 1 unspecified atom stereocenters. The lowest BCUT2D eigenvalue weighted by Gasteiger charge is -2.16. The van der Waals surface area contributed by atoms with Crippen molar-refractivity contribution in [1.82, 2.24) is 5.32 Å². The number of rotatable bonds is 4. The Kier molecular flexibility index (Phi) is 4.94. The summed E-state index contributed by atoms with van der Waals surface area (Å²) in [4.78, 5) is 0. The number of hydrogen-bond donors (Lipinski definition) is 1. The number of benzene rings is 1. The van der Waals surface area contributed by atoms with Crippen LogP contribution in [-0.4, -0.2) is 7.05 Å². The summed E-state index contributed by atoms with van der Waals surface area (Å²) in [5, 5.41) is 3.01. The highest BCUT2D eigenvalue weighted by molar-refractivity contribution is 5.22. The second kappa shape index (κ2) is 6.24. The Bertz CT molecular complexity index is 404. The van der Waals surface area contributed by atoms with Gasteiger partial charge in [0, 0.05) is 24.1 Å². The predicted molar refractivity (Wildman–Crippen MR) is 60.8 cm³/mol. The molecular weight excluding hydrogens is 208 g/mol. The molecule has 0 aliphatic heterocycles. The second-order valence-electron chi connectivity index (χ2n) is 3.47. The molecule has 1 N–H and O–H groups in total. The van der Waals surface area contributed by atoms with Crippen molar-refractivity contribution in [3.63, 3.8) is 0 Å². The molecule has 0 aliphatic carbocycles. The van der Waals surface area contributed by atoms with Gasteiger partial charge in [0.1, 0.15) is 11.6 Å². The van der Waals surface area contributed by atoms with Gasteiger partial charge in [0.05, 0.1) is 0 Å². The van der Waals surface area contributed by atoms with Crippen LogP contribution >= 0.6 is 0 Å². The molecule has 0 radical (unpaired) electrons. The van der Waals surface area contributed by atoms with E-state index in [1.807, 2.05) is 0 Å². The fourth-order valence-electron chi connectivity index (χ4n) is 1.58. The summed E-state index contributed by atoms with van der Waals surface area (Å²) in [7, 11) is 1.76. The second-order valence-corrected chi connectivity index (χ2v) is 3.47. The fourth-order valence-corrected chi connectivity index (χ4v) is 1.58. The van der Waals surface area contributed by atoms with Crippen molar-refractivity contribution in [3.05, 3.63) is 35.4 Å². The molecule has 0 amide bonds. The van der Waals surface area contributed by atoms with E-state index in [4.69, 9.17) is 0 Å². The van der Waals surface area contributed by atoms with Crippen LogP contribution in [0.25, 0.3) is 0 Å². The quantitative estimate of drug-likeness (QED) is 0.774. The van der Waals surface area contributed by atoms with Gasteiger partial charge < -0.3 is 5.32 Å². The average molecular weight is 223 g/mol. The topological polar surface area (TPSA) is 12.0 Å². The standard InChI is InChI=1S/C13H15F2N/c1-3-4-5-6-13(16-2)11-8-7-10(14)9-12(11)15/h7-9,13,16H,5-6H2,1-2H3. The smallest absolute Gasteiger partial charge is 0.130 e. The Hall–Kier alpha value is -1.40. The van der Waals surface area contributed by atoms with Crippen LogP contribution in [0, 0.1) is 23.5 Å². The van der Waals surface area contributed by atoms with Gasteiger partial charge in [-0.15, -0.1) is 11.8 Å². The zero-order valence-corrected chi connectivity index (χ0v) is 9.48. The fraction of sp³-hybridized carbons (Fsp3) is 0.385. The minimum Gasteiger partial charge on any atom is -0.313 e. The van der Waals surface area contributed by atoms with E-state index in [0.717, 1.165) is 6.07 Å². The minimum atomic E-state index is -0.551. The van der Waals surface area contributed by atoms with Crippen molar-refractivity contribution < 1.29 is 8.78 Å². The first kappa shape index (κ1) is 12.7. The average Bonchev–Trinajstić information content (AvgIpc) is 2.26. The monoisotopic (exact) mass is 223 g/mol. The van der Waals surface area contributed by atoms with Gasteiger partial charge in [-0.25, -0.2) is 8.78 Å². The lowest BCUT2D eigenvalue weighted by atomic mass is 10.0. The highest BCUT2D eigenvalue weighted by Crippen LogP contribution is 2.21. The van der Waals surface area contributed by atoms with Crippen LogP contribution in [0.1, 0.15) is 31.4 Å². The molecule has 1 aromatic carbocycles. The molecule has 0 fully saturated rings. The lowest BCUT2D eigenvalue weighted by molar-refractivity contribution is 0.505. The third kappa shape index (κ3) is 3.32. The van der Waals surface area contributed by atoms with E-state index in [2.05, 4.69) is 17.2 Å². The van der Waals surface area contributed by atoms with Crippen LogP contribution in [0.4, 0.5) is 8.78 Å². The van der Waals surface area contributed by atoms with Crippen LogP contribution < -0.4 is 5.32 Å². The van der Waals surface area contributed by atoms with Crippen LogP contribution in [0.5, 0.6) is 0 Å². The summed E-state index contributed by atoms with van der Waals surface area (Å²) >= 11 is 0. The summed E-state index contributed by atoms with van der Waals surface area (Å²) in [6, 6.07) is 3.53. The maximum absolute atomic E-state index is 13.5. The van der Waals surface area contributed by atoms with Gasteiger partial charge in [-0.05, 0) is 26.5 Å². The first-order chi connectivity index (χ1) is 7.69. The largest absolute Gasteiger partial charge is 0.313 e. The molecule has 0 saturated carbocycles. The van der Waals surface area contributed by atoms with E-state index >= 15 is 0 Å². The Morgan fingerprint density at radius 3 is 2.69 bits per heavy atom. The third-order valence-corrected chi connectivity index (χ3v) is 2.42. The van der Waals surface area contributed by atoms with Crippen molar-refractivity contribution in [2.24, 2.45) is 0 Å². The van der Waals surface area contributed by atoms with Gasteiger partial charge in [0.25, 0.3) is 0 Å². The summed E-state index contributed by atoms with van der Waals surface area (Å²) in [5.74, 6) is 4.66. The van der Waals surface area contributed by atoms with Crippen molar-refractivity contribution in [2.75, 3.05) is 7.05 Å². The Balaban J connectivity index is 2.80. The number of hydrogen-bond acceptors (Lipinski definition) is 1. The SMILES string of the molecule is CC#CCCC(NC)c1ccc(F)cc1F. The van der Waals surface area contributed by atoms with Crippen molar-refractivity contribution in [2.45, 2.75) is 25.8 Å². The summed E-state index contributed by atoms with van der Waals surface area (Å²) in [6.07, 6.45) is 1.40. The molecular formula is C13H15F2N. The van der Waals surface area contributed by atoms with Gasteiger partial charge in [0.15, 0.2) is 0 Å². The molecule has 1 atom stereocenters. The maximum Gasteiger partial charge on any atom is 0.130 e. The van der Waals surface area contributed by atoms with E-state index in [0.29, 0.717) is 18.4 Å². The van der Waals surface area contributed by atoms with E-state index < -0.39 is 11.6 Å². The highest BCUT2D eigenvalue weighted by Gasteiger charge is 2.13. The molecule has 1 nitrogen and oxygen atoms in total. The van der Waals surface area contributed by atoms with E-state index in [-0.39, 0.29) is 6.04 Å². The lowest BCUT2D eigenvalue weighted by Crippen LogP contribution is -2.17. The van der Waals surface area contributed by atoms with Crippen molar-refractivity contribution in [1.29, 1.82) is 0 Å². The molecule has 0 spiro atoms. The van der Waals surface area contributed by atoms with Gasteiger partial charge in [0.2, 0.25) is 0 Å². The van der Waals surface area contributed by atoms with Gasteiger partial charge in [-0.1, -0.05) is 6.07 Å². The molecule has 0 saturated heterocycles. The van der Waals surface area contributed by atoms with Crippen LogP contribution in [0.2, 0.25) is 0 Å². The molecule has 0 aromatic heterocycles. The minimum absolute atomic E-state index is 0.124. The normalized spacial score (nSPS) is 11.8. The molecule has 16 heavy (non-hydrogen) atoms. The first-order valence-corrected chi connectivity index (χ1v) is 5.21. The van der Waals surface area contributed by atoms with E-state index in [1.165, 1.54) is 12.1 Å². The molecule has 0 bridgehead atoms. The summed E-state index contributed by atoms with van der Waals surface area (Å²) in [6.45, 7) is 1.77. The Labute approximate surface area is 94.9 Å². The first-order valence-electron chi connectivity index (χ1n) is 5.21. The van der Waals surface area contributed by atoms with Crippen molar-refractivity contribution in [3.8, 4) is 11.8 Å². The zero-order chi connectivity index (χ0) is 12.0. The van der Waals surface area contributed by atoms with E-state index in [1.54, 1.807) is 14.0 Å². The maximum atomic E-state index is 13.5. The third-order valence-electron chi connectivity index (χ3n) is 2.42. The Morgan fingerprint density at radius 1 is 1.38 bits per heavy atom. The van der Waals surface area contributed by atoms with Crippen LogP contribution in [0.15, 0.2) is 18.2 Å². The predicted octanol–water partition coefficient (Wildman–Crippen LogP) is 3.03. The van der Waals surface area contributed by atoms with Crippen LogP contribution in [-0.2, 0) is 0 Å². The molecule has 0 aliphatic rings. The van der Waals surface area contributed by atoms with E-state index in [9.17, 15) is 8.78 Å². The highest BCUT2D eigenvalue weighted by atomic mass is 19.1. The Morgan fingerprint density at radius 2 is 2.12 bits per heavy atom. The number of nitrogens with one attached hydrogen (secondary N) is 1. The van der Waals surface area contributed by atoms with Crippen molar-refractivity contribution >= 4 is 0 Å². The summed E-state index contributed by atoms with van der Waals surface area (Å²) < 4.78 is 26.2. The molecule has 3 heteroatoms. The van der Waals surface area contributed by atoms with Gasteiger partial charge in [-0.2, -0.15) is 0 Å². The van der Waals surface area contributed by atoms with Gasteiger partial charge >= 0.3 is 0 Å². The number of halogens is 2. The summed E-state index contributed by atoms with van der Waals surface area (Å²) in [5.41, 5.74) is 0.488. The van der Waals surface area contributed by atoms with Crippen LogP contribution in [0.3, 0.4) is 0 Å².